The van der Waals surface area contributed by atoms with Gasteiger partial charge in [0.1, 0.15) is 0 Å². The summed E-state index contributed by atoms with van der Waals surface area (Å²) in [5.41, 5.74) is 3.38. The predicted molar refractivity (Wildman–Crippen MR) is 101 cm³/mol. The molecule has 2 heterocycles. The summed E-state index contributed by atoms with van der Waals surface area (Å²) in [6.07, 6.45) is 9.01. The fourth-order valence-corrected chi connectivity index (χ4v) is 4.74. The summed E-state index contributed by atoms with van der Waals surface area (Å²) in [6.45, 7) is 0.881. The lowest BCUT2D eigenvalue weighted by Gasteiger charge is -2.44. The van der Waals surface area contributed by atoms with Crippen molar-refractivity contribution in [1.29, 1.82) is 0 Å². The summed E-state index contributed by atoms with van der Waals surface area (Å²) in [6, 6.07) is 8.11. The number of nitrogens with zero attached hydrogens (tertiary/aromatic N) is 3. The predicted octanol–water partition coefficient (Wildman–Crippen LogP) is 3.37. The summed E-state index contributed by atoms with van der Waals surface area (Å²) in [5, 5.41) is 13.6. The molecule has 2 unspecified atom stereocenters. The summed E-state index contributed by atoms with van der Waals surface area (Å²) in [7, 11) is 1.88. The van der Waals surface area contributed by atoms with Gasteiger partial charge >= 0.3 is 0 Å². The highest BCUT2D eigenvalue weighted by molar-refractivity contribution is 6.00. The van der Waals surface area contributed by atoms with E-state index in [1.165, 1.54) is 25.7 Å². The molecule has 1 N–H and O–H groups in total. The Kier molecular flexibility index (Phi) is 4.81. The van der Waals surface area contributed by atoms with Crippen molar-refractivity contribution in [2.24, 2.45) is 13.0 Å². The largest absolute Gasteiger partial charge is 0.392 e. The van der Waals surface area contributed by atoms with Gasteiger partial charge in [-0.1, -0.05) is 37.1 Å². The summed E-state index contributed by atoms with van der Waals surface area (Å²) in [4.78, 5) is 15.5. The summed E-state index contributed by atoms with van der Waals surface area (Å²) >= 11 is 0. The molecule has 5 nitrogen and oxygen atoms in total. The van der Waals surface area contributed by atoms with E-state index < -0.39 is 0 Å². The third kappa shape index (κ3) is 3.05. The third-order valence-electron chi connectivity index (χ3n) is 6.08. The average molecular weight is 353 g/mol. The number of carbonyl (C=O) groups excluding carboxylic acids is 1. The standard InChI is InChI=1S/C21H27N3O2/c1-23-20(17-10-8-15(14-25)9-11-17)18(13-22-23)21(26)24-12-4-6-16-5-2-3-7-19(16)24/h8-11,13,16,19,25H,2-7,12,14H2,1H3. The monoisotopic (exact) mass is 353 g/mol. The van der Waals surface area contributed by atoms with Crippen LogP contribution in [0.1, 0.15) is 54.4 Å². The van der Waals surface area contributed by atoms with Gasteiger partial charge in [0.15, 0.2) is 0 Å². The normalized spacial score (nSPS) is 22.9. The van der Waals surface area contributed by atoms with Gasteiger partial charge in [0.05, 0.1) is 24.1 Å². The molecule has 1 amide bonds. The van der Waals surface area contributed by atoms with Crippen LogP contribution in [0.4, 0.5) is 0 Å². The van der Waals surface area contributed by atoms with Gasteiger partial charge < -0.3 is 10.0 Å². The van der Waals surface area contributed by atoms with Crippen LogP contribution in [0.3, 0.4) is 0 Å². The minimum atomic E-state index is 0.0221. The van der Waals surface area contributed by atoms with Crippen LogP contribution in [0.2, 0.25) is 0 Å². The second kappa shape index (κ2) is 7.23. The first-order valence-corrected chi connectivity index (χ1v) is 9.72. The maximum atomic E-state index is 13.4. The quantitative estimate of drug-likeness (QED) is 0.920. The Morgan fingerprint density at radius 1 is 1.15 bits per heavy atom. The highest BCUT2D eigenvalue weighted by Crippen LogP contribution is 2.36. The number of amides is 1. The van der Waals surface area contributed by atoms with Crippen molar-refractivity contribution in [1.82, 2.24) is 14.7 Å². The summed E-state index contributed by atoms with van der Waals surface area (Å²) in [5.74, 6) is 0.793. The molecule has 138 valence electrons. The fraction of sp³-hybridized carbons (Fsp3) is 0.524. The molecule has 0 spiro atoms. The number of piperidine rings is 1. The molecule has 1 aromatic carbocycles. The molecule has 4 rings (SSSR count). The number of benzene rings is 1. The van der Waals surface area contributed by atoms with Gasteiger partial charge in [-0.2, -0.15) is 5.10 Å². The molecular formula is C21H27N3O2. The van der Waals surface area contributed by atoms with Gasteiger partial charge in [0.2, 0.25) is 0 Å². The zero-order valence-electron chi connectivity index (χ0n) is 15.4. The number of aliphatic hydroxyl groups is 1. The number of likely N-dealkylation sites (tertiary alicyclic amines) is 1. The second-order valence-electron chi connectivity index (χ2n) is 7.64. The Labute approximate surface area is 154 Å². The van der Waals surface area contributed by atoms with Crippen LogP contribution in [-0.4, -0.2) is 38.3 Å². The number of hydrogen-bond acceptors (Lipinski definition) is 3. The van der Waals surface area contributed by atoms with E-state index in [2.05, 4.69) is 10.00 Å². The van der Waals surface area contributed by atoms with E-state index in [1.54, 1.807) is 10.9 Å². The highest BCUT2D eigenvalue weighted by atomic mass is 16.3. The zero-order chi connectivity index (χ0) is 18.1. The smallest absolute Gasteiger partial charge is 0.257 e. The molecule has 0 bridgehead atoms. The minimum Gasteiger partial charge on any atom is -0.392 e. The molecule has 1 saturated carbocycles. The van der Waals surface area contributed by atoms with Gasteiger partial charge in [-0.25, -0.2) is 0 Å². The molecule has 26 heavy (non-hydrogen) atoms. The van der Waals surface area contributed by atoms with Crippen molar-refractivity contribution < 1.29 is 9.90 Å². The summed E-state index contributed by atoms with van der Waals surface area (Å²) < 4.78 is 1.78. The molecule has 5 heteroatoms. The van der Waals surface area contributed by atoms with Gasteiger partial charge in [-0.3, -0.25) is 9.48 Å². The van der Waals surface area contributed by atoms with Gasteiger partial charge in [0, 0.05) is 25.2 Å². The first-order chi connectivity index (χ1) is 12.7. The van der Waals surface area contributed by atoms with Crippen LogP contribution in [0.25, 0.3) is 11.3 Å². The maximum Gasteiger partial charge on any atom is 0.257 e. The second-order valence-corrected chi connectivity index (χ2v) is 7.64. The number of hydrogen-bond donors (Lipinski definition) is 1. The Bertz CT molecular complexity index is 779. The molecule has 2 fully saturated rings. The first-order valence-electron chi connectivity index (χ1n) is 9.72. The van der Waals surface area contributed by atoms with Crippen molar-refractivity contribution in [2.75, 3.05) is 6.54 Å². The van der Waals surface area contributed by atoms with E-state index in [0.717, 1.165) is 36.2 Å². The molecule has 1 saturated heterocycles. The van der Waals surface area contributed by atoms with Gasteiger partial charge in [-0.05, 0) is 37.2 Å². The number of aryl methyl sites for hydroxylation is 1. The van der Waals surface area contributed by atoms with Crippen molar-refractivity contribution >= 4 is 5.91 Å². The highest BCUT2D eigenvalue weighted by Gasteiger charge is 2.37. The Hall–Kier alpha value is -2.14. The maximum absolute atomic E-state index is 13.4. The van der Waals surface area contributed by atoms with E-state index in [1.807, 2.05) is 31.3 Å². The fourth-order valence-electron chi connectivity index (χ4n) is 4.74. The van der Waals surface area contributed by atoms with Crippen LogP contribution in [0.15, 0.2) is 30.5 Å². The number of carbonyl (C=O) groups is 1. The molecule has 2 atom stereocenters. The molecule has 2 aromatic rings. The van der Waals surface area contributed by atoms with Crippen LogP contribution in [0.5, 0.6) is 0 Å². The van der Waals surface area contributed by atoms with Crippen LogP contribution in [-0.2, 0) is 13.7 Å². The number of fused-ring (bicyclic) bond motifs is 1. The topological polar surface area (TPSA) is 58.4 Å². The van der Waals surface area contributed by atoms with E-state index in [9.17, 15) is 9.90 Å². The first kappa shape index (κ1) is 17.3. The lowest BCUT2D eigenvalue weighted by atomic mass is 9.78. The van der Waals surface area contributed by atoms with Crippen molar-refractivity contribution in [2.45, 2.75) is 51.2 Å². The average Bonchev–Trinajstić information content (AvgIpc) is 3.08. The van der Waals surface area contributed by atoms with Crippen LogP contribution in [0, 0.1) is 5.92 Å². The van der Waals surface area contributed by atoms with Crippen LogP contribution >= 0.6 is 0 Å². The van der Waals surface area contributed by atoms with Gasteiger partial charge in [-0.15, -0.1) is 0 Å². The molecule has 2 aliphatic rings. The SMILES string of the molecule is Cn1ncc(C(=O)N2CCCC3CCCCC32)c1-c1ccc(CO)cc1. The Morgan fingerprint density at radius 3 is 2.65 bits per heavy atom. The van der Waals surface area contributed by atoms with Crippen molar-refractivity contribution in [3.63, 3.8) is 0 Å². The third-order valence-corrected chi connectivity index (χ3v) is 6.08. The zero-order valence-corrected chi connectivity index (χ0v) is 15.4. The Morgan fingerprint density at radius 2 is 1.88 bits per heavy atom. The number of aliphatic hydroxyl groups excluding tert-OH is 1. The van der Waals surface area contributed by atoms with E-state index in [0.29, 0.717) is 17.5 Å². The number of rotatable bonds is 3. The van der Waals surface area contributed by atoms with Crippen molar-refractivity contribution in [3.05, 3.63) is 41.6 Å². The molecule has 1 aliphatic heterocycles. The van der Waals surface area contributed by atoms with Crippen molar-refractivity contribution in [3.8, 4) is 11.3 Å². The lowest BCUT2D eigenvalue weighted by molar-refractivity contribution is 0.0391. The van der Waals surface area contributed by atoms with E-state index in [4.69, 9.17) is 0 Å². The van der Waals surface area contributed by atoms with E-state index >= 15 is 0 Å². The Balaban J connectivity index is 1.66. The molecule has 1 aliphatic carbocycles. The molecular weight excluding hydrogens is 326 g/mol. The minimum absolute atomic E-state index is 0.0221. The lowest BCUT2D eigenvalue weighted by Crippen LogP contribution is -2.49. The van der Waals surface area contributed by atoms with Crippen LogP contribution < -0.4 is 0 Å². The van der Waals surface area contributed by atoms with E-state index in [-0.39, 0.29) is 12.5 Å². The number of aromatic nitrogens is 2. The van der Waals surface area contributed by atoms with Gasteiger partial charge in [0.25, 0.3) is 5.91 Å². The molecule has 1 aromatic heterocycles. The molecule has 0 radical (unpaired) electrons.